The molecule has 0 saturated heterocycles. The smallest absolute Gasteiger partial charge is 0.216 e. The Kier molecular flexibility index (Phi) is 4.54. The van der Waals surface area contributed by atoms with Crippen molar-refractivity contribution >= 4 is 21.9 Å². The monoisotopic (exact) mass is 484 g/mol. The van der Waals surface area contributed by atoms with E-state index < -0.39 is 0 Å². The molecule has 1 aliphatic carbocycles. The third-order valence-electron chi connectivity index (χ3n) is 8.15. The molecule has 4 aromatic carbocycles. The lowest BCUT2D eigenvalue weighted by Gasteiger charge is -2.22. The number of rotatable bonds is 2. The van der Waals surface area contributed by atoms with Crippen molar-refractivity contribution in [2.75, 3.05) is 0 Å². The van der Waals surface area contributed by atoms with Crippen molar-refractivity contribution in [3.05, 3.63) is 114 Å². The molecule has 0 unspecified atom stereocenters. The van der Waals surface area contributed by atoms with Crippen LogP contribution in [-0.2, 0) is 12.5 Å². The van der Waals surface area contributed by atoms with Gasteiger partial charge in [-0.2, -0.15) is 0 Å². The highest BCUT2D eigenvalue weighted by molar-refractivity contribution is 6.13. The Morgan fingerprint density at radius 2 is 1.43 bits per heavy atom. The molecule has 6 aromatic rings. The summed E-state index contributed by atoms with van der Waals surface area (Å²) in [5.41, 5.74) is 10.8. The molecule has 0 spiro atoms. The van der Waals surface area contributed by atoms with Crippen molar-refractivity contribution in [1.82, 2.24) is 0 Å². The quantitative estimate of drug-likeness (QED) is 0.225. The Morgan fingerprint density at radius 1 is 0.730 bits per heavy atom. The fraction of sp³-hybridized carbons (Fsp3) is 0.147. The van der Waals surface area contributed by atoms with Crippen molar-refractivity contribution in [1.29, 1.82) is 0 Å². The van der Waals surface area contributed by atoms with Crippen LogP contribution in [0.5, 0.6) is 0 Å². The molecule has 0 bridgehead atoms. The minimum absolute atomic E-state index is 0.160. The summed E-state index contributed by atoms with van der Waals surface area (Å²) >= 11 is 0. The van der Waals surface area contributed by atoms with Crippen LogP contribution in [-0.4, -0.2) is 0 Å². The van der Waals surface area contributed by atoms with Gasteiger partial charge < -0.3 is 4.42 Å². The molecule has 7 rings (SSSR count). The van der Waals surface area contributed by atoms with Gasteiger partial charge in [-0.15, -0.1) is 0 Å². The number of hydrogen-bond donors (Lipinski definition) is 0. The molecule has 0 N–H and O–H groups in total. The van der Waals surface area contributed by atoms with Crippen LogP contribution in [0.3, 0.4) is 0 Å². The second-order valence-electron chi connectivity index (χ2n) is 10.7. The van der Waals surface area contributed by atoms with E-state index in [0.717, 1.165) is 38.7 Å². The van der Waals surface area contributed by atoms with Crippen molar-refractivity contribution < 1.29 is 13.4 Å². The molecule has 180 valence electrons. The molecule has 3 heteroatoms. The Morgan fingerprint density at radius 3 is 2.24 bits per heavy atom. The lowest BCUT2D eigenvalue weighted by Crippen LogP contribution is -2.30. The average Bonchev–Trinajstić information content (AvgIpc) is 3.37. The van der Waals surface area contributed by atoms with Crippen LogP contribution in [0.25, 0.3) is 55.4 Å². The lowest BCUT2D eigenvalue weighted by molar-refractivity contribution is -0.660. The second-order valence-corrected chi connectivity index (χ2v) is 10.7. The molecule has 0 atom stereocenters. The standard InChI is InChI=1S/C34H27FNO/c1-20-12-14-24-25-16-17-28(35)31(33(25)37-32(24)30(20)29-11-7-8-18-36(29)4)21-13-15-23-22-9-5-6-10-26(22)34(2,3)27(23)19-21/h5-19H,1-4H3/q+1. The molecular weight excluding hydrogens is 457 g/mol. The predicted molar refractivity (Wildman–Crippen MR) is 148 cm³/mol. The number of pyridine rings is 1. The van der Waals surface area contributed by atoms with E-state index in [-0.39, 0.29) is 11.2 Å². The lowest BCUT2D eigenvalue weighted by atomic mass is 9.81. The molecule has 1 aliphatic rings. The van der Waals surface area contributed by atoms with Gasteiger partial charge in [-0.05, 0) is 64.6 Å². The summed E-state index contributed by atoms with van der Waals surface area (Å²) in [4.78, 5) is 0. The number of furan rings is 1. The summed E-state index contributed by atoms with van der Waals surface area (Å²) in [5, 5.41) is 1.92. The Labute approximate surface area is 215 Å². The van der Waals surface area contributed by atoms with Crippen LogP contribution in [0.15, 0.2) is 95.5 Å². The van der Waals surface area contributed by atoms with Gasteiger partial charge in [0.05, 0.1) is 11.1 Å². The van der Waals surface area contributed by atoms with Crippen LogP contribution in [0.4, 0.5) is 4.39 Å². The molecule has 0 fully saturated rings. The number of aromatic nitrogens is 1. The van der Waals surface area contributed by atoms with E-state index in [1.165, 1.54) is 22.3 Å². The molecular formula is C34H27FNO+. The van der Waals surface area contributed by atoms with E-state index >= 15 is 4.39 Å². The molecule has 2 heterocycles. The van der Waals surface area contributed by atoms with E-state index in [2.05, 4.69) is 79.9 Å². The zero-order valence-corrected chi connectivity index (χ0v) is 21.4. The van der Waals surface area contributed by atoms with E-state index in [1.54, 1.807) is 6.07 Å². The maximum Gasteiger partial charge on any atom is 0.216 e. The third-order valence-corrected chi connectivity index (χ3v) is 8.15. The van der Waals surface area contributed by atoms with Crippen molar-refractivity contribution in [3.63, 3.8) is 0 Å². The summed E-state index contributed by atoms with van der Waals surface area (Å²) < 4.78 is 24.4. The number of fused-ring (bicyclic) bond motifs is 6. The van der Waals surface area contributed by atoms with Crippen LogP contribution in [0.2, 0.25) is 0 Å². The normalized spacial score (nSPS) is 13.8. The SMILES string of the molecule is Cc1ccc2c(oc3c(-c4ccc5c(c4)C(C)(C)c4ccccc4-5)c(F)ccc32)c1-c1cccc[n+]1C. The molecule has 37 heavy (non-hydrogen) atoms. The fourth-order valence-electron chi connectivity index (χ4n) is 6.21. The van der Waals surface area contributed by atoms with Gasteiger partial charge in [0.2, 0.25) is 5.69 Å². The molecule has 0 radical (unpaired) electrons. The molecule has 2 aromatic heterocycles. The predicted octanol–water partition coefficient (Wildman–Crippen LogP) is 8.50. The van der Waals surface area contributed by atoms with E-state index in [9.17, 15) is 0 Å². The number of hydrogen-bond acceptors (Lipinski definition) is 1. The largest absolute Gasteiger partial charge is 0.454 e. The first-order valence-corrected chi connectivity index (χ1v) is 12.7. The van der Waals surface area contributed by atoms with Crippen LogP contribution in [0.1, 0.15) is 30.5 Å². The second kappa shape index (κ2) is 7.63. The minimum Gasteiger partial charge on any atom is -0.454 e. The van der Waals surface area contributed by atoms with E-state index in [1.807, 2.05) is 37.5 Å². The summed E-state index contributed by atoms with van der Waals surface area (Å²) in [6.45, 7) is 6.58. The number of nitrogens with zero attached hydrogens (tertiary/aromatic N) is 1. The van der Waals surface area contributed by atoms with Crippen molar-refractivity contribution in [3.8, 4) is 33.5 Å². The summed E-state index contributed by atoms with van der Waals surface area (Å²) in [6.07, 6.45) is 2.03. The zero-order chi connectivity index (χ0) is 25.5. The maximum absolute atomic E-state index is 15.6. The molecule has 0 saturated carbocycles. The zero-order valence-electron chi connectivity index (χ0n) is 21.4. The van der Waals surface area contributed by atoms with Crippen LogP contribution in [0, 0.1) is 12.7 Å². The van der Waals surface area contributed by atoms with Gasteiger partial charge in [0.25, 0.3) is 0 Å². The van der Waals surface area contributed by atoms with Crippen molar-refractivity contribution in [2.24, 2.45) is 7.05 Å². The summed E-state index contributed by atoms with van der Waals surface area (Å²) in [5.74, 6) is -0.275. The van der Waals surface area contributed by atoms with E-state index in [0.29, 0.717) is 11.1 Å². The molecule has 0 amide bonds. The maximum atomic E-state index is 15.6. The topological polar surface area (TPSA) is 17.0 Å². The third kappa shape index (κ3) is 3.00. The first kappa shape index (κ1) is 22.0. The van der Waals surface area contributed by atoms with Gasteiger partial charge in [-0.3, -0.25) is 0 Å². The van der Waals surface area contributed by atoms with E-state index in [4.69, 9.17) is 4.42 Å². The summed E-state index contributed by atoms with van der Waals surface area (Å²) in [7, 11) is 2.03. The van der Waals surface area contributed by atoms with Crippen LogP contribution >= 0.6 is 0 Å². The van der Waals surface area contributed by atoms with Gasteiger partial charge in [0.15, 0.2) is 6.20 Å². The van der Waals surface area contributed by atoms with Gasteiger partial charge in [0.1, 0.15) is 24.0 Å². The molecule has 2 nitrogen and oxygen atoms in total. The molecule has 0 aliphatic heterocycles. The summed E-state index contributed by atoms with van der Waals surface area (Å²) in [6, 6.07) is 28.6. The number of halogens is 1. The first-order valence-electron chi connectivity index (χ1n) is 12.7. The minimum atomic E-state index is -0.275. The van der Waals surface area contributed by atoms with Gasteiger partial charge in [-0.25, -0.2) is 8.96 Å². The Balaban J connectivity index is 1.51. The highest BCUT2D eigenvalue weighted by Gasteiger charge is 2.35. The van der Waals surface area contributed by atoms with Crippen LogP contribution < -0.4 is 4.57 Å². The fourth-order valence-corrected chi connectivity index (χ4v) is 6.21. The van der Waals surface area contributed by atoms with Gasteiger partial charge in [-0.1, -0.05) is 62.4 Å². The van der Waals surface area contributed by atoms with Crippen molar-refractivity contribution in [2.45, 2.75) is 26.2 Å². The highest BCUT2D eigenvalue weighted by Crippen LogP contribution is 2.50. The number of aryl methyl sites for hydroxylation is 2. The average molecular weight is 485 g/mol. The van der Waals surface area contributed by atoms with Gasteiger partial charge >= 0.3 is 0 Å². The van der Waals surface area contributed by atoms with Gasteiger partial charge in [0, 0.05) is 28.3 Å². The first-order chi connectivity index (χ1) is 17.9. The Bertz CT molecular complexity index is 1890. The Hall–Kier alpha value is -4.24. The highest BCUT2D eigenvalue weighted by atomic mass is 19.1. The number of benzene rings is 4.